The number of hydrogen-bond donors (Lipinski definition) is 3. The van der Waals surface area contributed by atoms with E-state index in [0.29, 0.717) is 5.56 Å². The normalized spacial score (nSPS) is 13.7. The molecule has 0 aliphatic carbocycles. The zero-order valence-electron chi connectivity index (χ0n) is 31.0. The summed E-state index contributed by atoms with van der Waals surface area (Å²) in [5.74, 6) is -2.13. The van der Waals surface area contributed by atoms with Gasteiger partial charge in [0.2, 0.25) is 11.8 Å². The highest BCUT2D eigenvalue weighted by Gasteiger charge is 2.44. The molecular weight excluding hydrogens is 634 g/mol. The predicted molar refractivity (Wildman–Crippen MR) is 193 cm³/mol. The molecule has 3 amide bonds. The number of carbonyl (C=O) groups is 4. The van der Waals surface area contributed by atoms with Crippen molar-refractivity contribution < 1.29 is 33.8 Å². The SMILES string of the molecule is Cc1cccc(C(C(=O)NC(Cc2ccccc2)C(=O)OC(C)(C)C)N(C(=O)C(Cc2ccccc2)NC(=O)OC(C)(C)C)C(C)(C)C)c1O. The average Bonchev–Trinajstić information content (AvgIpc) is 2.99. The van der Waals surface area contributed by atoms with Crippen LogP contribution in [0.2, 0.25) is 0 Å². The average molecular weight is 688 g/mol. The van der Waals surface area contributed by atoms with Gasteiger partial charge >= 0.3 is 12.1 Å². The van der Waals surface area contributed by atoms with E-state index in [1.165, 1.54) is 4.90 Å². The van der Waals surface area contributed by atoms with Crippen molar-refractivity contribution in [2.24, 2.45) is 0 Å². The van der Waals surface area contributed by atoms with Crippen LogP contribution in [0.4, 0.5) is 4.79 Å². The van der Waals surface area contributed by atoms with E-state index in [1.807, 2.05) is 60.7 Å². The molecule has 10 nitrogen and oxygen atoms in total. The number of aromatic hydroxyl groups is 1. The number of alkyl carbamates (subject to hydrolysis) is 1. The second kappa shape index (κ2) is 16.2. The summed E-state index contributed by atoms with van der Waals surface area (Å²) in [6.45, 7) is 17.4. The monoisotopic (exact) mass is 687 g/mol. The van der Waals surface area contributed by atoms with E-state index < -0.39 is 58.7 Å². The van der Waals surface area contributed by atoms with Gasteiger partial charge in [-0.3, -0.25) is 9.59 Å². The first-order valence-corrected chi connectivity index (χ1v) is 16.9. The molecule has 0 aliphatic heterocycles. The van der Waals surface area contributed by atoms with Gasteiger partial charge in [0, 0.05) is 23.9 Å². The lowest BCUT2D eigenvalue weighted by molar-refractivity contribution is -0.159. The van der Waals surface area contributed by atoms with Crippen molar-refractivity contribution in [3.63, 3.8) is 0 Å². The summed E-state index contributed by atoms with van der Waals surface area (Å²) >= 11 is 0. The molecule has 0 fully saturated rings. The molecule has 0 aliphatic rings. The highest BCUT2D eigenvalue weighted by atomic mass is 16.6. The van der Waals surface area contributed by atoms with Gasteiger partial charge in [-0.25, -0.2) is 9.59 Å². The number of hydrogen-bond acceptors (Lipinski definition) is 7. The second-order valence-electron chi connectivity index (χ2n) is 15.5. The zero-order valence-corrected chi connectivity index (χ0v) is 31.0. The number of ether oxygens (including phenoxy) is 2. The zero-order chi connectivity index (χ0) is 37.4. The van der Waals surface area contributed by atoms with E-state index in [4.69, 9.17) is 9.47 Å². The maximum Gasteiger partial charge on any atom is 0.408 e. The van der Waals surface area contributed by atoms with Gasteiger partial charge in [0.05, 0.1) is 0 Å². The highest BCUT2D eigenvalue weighted by molar-refractivity contribution is 5.95. The Morgan fingerprint density at radius 2 is 1.18 bits per heavy atom. The number of esters is 1. The number of rotatable bonds is 11. The molecule has 0 radical (unpaired) electrons. The van der Waals surface area contributed by atoms with Crippen molar-refractivity contribution in [1.29, 1.82) is 0 Å². The Hall–Kier alpha value is -4.86. The van der Waals surface area contributed by atoms with Gasteiger partial charge in [-0.1, -0.05) is 78.9 Å². The summed E-state index contributed by atoms with van der Waals surface area (Å²) < 4.78 is 11.3. The molecule has 3 rings (SSSR count). The lowest BCUT2D eigenvalue weighted by Gasteiger charge is -2.43. The van der Waals surface area contributed by atoms with Gasteiger partial charge in [0.25, 0.3) is 0 Å². The van der Waals surface area contributed by atoms with Crippen LogP contribution in [0.3, 0.4) is 0 Å². The molecule has 3 unspecified atom stereocenters. The summed E-state index contributed by atoms with van der Waals surface area (Å²) in [6.07, 6.45) is -0.587. The predicted octanol–water partition coefficient (Wildman–Crippen LogP) is 6.57. The molecule has 0 aromatic heterocycles. The molecular formula is C40H53N3O7. The molecule has 10 heteroatoms. The van der Waals surface area contributed by atoms with E-state index >= 15 is 0 Å². The van der Waals surface area contributed by atoms with Gasteiger partial charge in [0.1, 0.15) is 35.1 Å². The van der Waals surface area contributed by atoms with Crippen molar-refractivity contribution in [2.45, 2.75) is 117 Å². The van der Waals surface area contributed by atoms with Crippen molar-refractivity contribution in [3.8, 4) is 5.75 Å². The van der Waals surface area contributed by atoms with Gasteiger partial charge in [0.15, 0.2) is 0 Å². The number of amides is 3. The first-order chi connectivity index (χ1) is 23.2. The van der Waals surface area contributed by atoms with E-state index in [2.05, 4.69) is 10.6 Å². The summed E-state index contributed by atoms with van der Waals surface area (Å²) in [4.78, 5) is 57.7. The third-order valence-electron chi connectivity index (χ3n) is 7.59. The fourth-order valence-electron chi connectivity index (χ4n) is 5.48. The van der Waals surface area contributed by atoms with Crippen LogP contribution in [-0.4, -0.2) is 62.7 Å². The quantitative estimate of drug-likeness (QED) is 0.194. The largest absolute Gasteiger partial charge is 0.507 e. The number of aryl methyl sites for hydroxylation is 1. The van der Waals surface area contributed by atoms with E-state index in [0.717, 1.165) is 11.1 Å². The minimum Gasteiger partial charge on any atom is -0.507 e. The third kappa shape index (κ3) is 11.6. The molecule has 3 N–H and O–H groups in total. The lowest BCUT2D eigenvalue weighted by atomic mass is 9.92. The molecule has 0 saturated carbocycles. The summed E-state index contributed by atoms with van der Waals surface area (Å²) in [5.41, 5.74) is -0.516. The molecule has 270 valence electrons. The first kappa shape index (κ1) is 39.6. The fourth-order valence-corrected chi connectivity index (χ4v) is 5.48. The second-order valence-corrected chi connectivity index (χ2v) is 15.5. The lowest BCUT2D eigenvalue weighted by Crippen LogP contribution is -2.60. The van der Waals surface area contributed by atoms with Crippen LogP contribution in [0.25, 0.3) is 0 Å². The summed E-state index contributed by atoms with van der Waals surface area (Å²) in [6, 6.07) is 19.6. The molecule has 3 atom stereocenters. The molecule has 0 spiro atoms. The number of carbonyl (C=O) groups excluding carboxylic acids is 4. The van der Waals surface area contributed by atoms with E-state index in [-0.39, 0.29) is 24.2 Å². The van der Waals surface area contributed by atoms with Crippen molar-refractivity contribution >= 4 is 23.9 Å². The van der Waals surface area contributed by atoms with Crippen LogP contribution in [0.5, 0.6) is 5.75 Å². The topological polar surface area (TPSA) is 134 Å². The number of nitrogens with zero attached hydrogens (tertiary/aromatic N) is 1. The number of para-hydroxylation sites is 1. The molecule has 3 aromatic rings. The maximum atomic E-state index is 14.9. The van der Waals surface area contributed by atoms with Gasteiger partial charge in [-0.05, 0) is 85.9 Å². The van der Waals surface area contributed by atoms with Gasteiger partial charge in [-0.15, -0.1) is 0 Å². The third-order valence-corrected chi connectivity index (χ3v) is 7.59. The molecule has 0 bridgehead atoms. The van der Waals surface area contributed by atoms with Crippen LogP contribution in [0, 0.1) is 6.92 Å². The molecule has 3 aromatic carbocycles. The maximum absolute atomic E-state index is 14.9. The summed E-state index contributed by atoms with van der Waals surface area (Å²) in [7, 11) is 0. The Kier molecular flexibility index (Phi) is 12.8. The summed E-state index contributed by atoms with van der Waals surface area (Å²) in [5, 5.41) is 17.0. The smallest absolute Gasteiger partial charge is 0.408 e. The fraction of sp³-hybridized carbons (Fsp3) is 0.450. The van der Waals surface area contributed by atoms with Gasteiger partial charge < -0.3 is 30.1 Å². The van der Waals surface area contributed by atoms with Crippen molar-refractivity contribution in [3.05, 3.63) is 101 Å². The Labute approximate surface area is 296 Å². The Morgan fingerprint density at radius 1 is 0.680 bits per heavy atom. The number of phenols is 1. The molecule has 0 saturated heterocycles. The van der Waals surface area contributed by atoms with E-state index in [1.54, 1.807) is 87.4 Å². The standard InChI is InChI=1S/C40H53N3O7/c1-26-18-17-23-29(33(26)44)32(34(45)41-31(36(47)49-39(5,6)7)25-28-21-15-12-16-22-28)43(38(2,3)4)35(46)30(24-27-19-13-11-14-20-27)42-37(48)50-40(8,9)10/h11-23,30-32,44H,24-25H2,1-10H3,(H,41,45)(H,42,48). The first-order valence-electron chi connectivity index (χ1n) is 16.9. The van der Waals surface area contributed by atoms with Crippen LogP contribution in [0.1, 0.15) is 90.6 Å². The molecule has 0 heterocycles. The van der Waals surface area contributed by atoms with Gasteiger partial charge in [-0.2, -0.15) is 0 Å². The minimum absolute atomic E-state index is 0.0914. The Balaban J connectivity index is 2.17. The van der Waals surface area contributed by atoms with Crippen LogP contribution < -0.4 is 10.6 Å². The highest BCUT2D eigenvalue weighted by Crippen LogP contribution is 2.36. The van der Waals surface area contributed by atoms with Crippen LogP contribution in [0.15, 0.2) is 78.9 Å². The molecule has 50 heavy (non-hydrogen) atoms. The number of phenolic OH excluding ortho intramolecular Hbond substituents is 1. The van der Waals surface area contributed by atoms with E-state index in [9.17, 15) is 24.3 Å². The Bertz CT molecular complexity index is 1620. The Morgan fingerprint density at radius 3 is 1.66 bits per heavy atom. The van der Waals surface area contributed by atoms with Crippen LogP contribution >= 0.6 is 0 Å². The van der Waals surface area contributed by atoms with Crippen LogP contribution in [-0.2, 0) is 36.7 Å². The van der Waals surface area contributed by atoms with Crippen molar-refractivity contribution in [1.82, 2.24) is 15.5 Å². The van der Waals surface area contributed by atoms with Crippen molar-refractivity contribution in [2.75, 3.05) is 0 Å². The number of benzene rings is 3. The minimum atomic E-state index is -1.43. The number of nitrogens with one attached hydrogen (secondary N) is 2.